The number of hydrogen-bond donors (Lipinski definition) is 3. The maximum Gasteiger partial charge on any atom is 0.270 e. The number of imidazole rings is 1. The lowest BCUT2D eigenvalue weighted by molar-refractivity contribution is -0.118. The van der Waals surface area contributed by atoms with Crippen LogP contribution in [0.3, 0.4) is 0 Å². The van der Waals surface area contributed by atoms with Crippen molar-refractivity contribution in [2.45, 2.75) is 31.8 Å². The summed E-state index contributed by atoms with van der Waals surface area (Å²) in [4.78, 5) is 17.2. The minimum atomic E-state index is -0.507. The molecule has 32 heavy (non-hydrogen) atoms. The fourth-order valence-corrected chi connectivity index (χ4v) is 4.13. The van der Waals surface area contributed by atoms with E-state index in [-0.39, 0.29) is 18.2 Å². The molecule has 1 aliphatic carbocycles. The third-order valence-electron chi connectivity index (χ3n) is 5.56. The van der Waals surface area contributed by atoms with Gasteiger partial charge in [-0.25, -0.2) is 9.37 Å². The number of benzene rings is 1. The number of fused-ring (bicyclic) bond motifs is 1. The van der Waals surface area contributed by atoms with E-state index in [1.54, 1.807) is 17.3 Å². The van der Waals surface area contributed by atoms with E-state index in [1.165, 1.54) is 31.6 Å². The SMILES string of the molecule is COc1ccc(Br)c(CNC(=O)C2=CN(Cc3cn4cc(C5CC5)ccc4n3)NN2)c1F. The number of aromatic nitrogens is 2. The first-order valence-electron chi connectivity index (χ1n) is 10.3. The molecule has 0 saturated heterocycles. The molecular weight excluding hydrogens is 479 g/mol. The molecule has 0 spiro atoms. The van der Waals surface area contributed by atoms with Gasteiger partial charge in [-0.2, -0.15) is 0 Å². The van der Waals surface area contributed by atoms with Crippen LogP contribution in [-0.2, 0) is 17.9 Å². The summed E-state index contributed by atoms with van der Waals surface area (Å²) >= 11 is 3.31. The van der Waals surface area contributed by atoms with Gasteiger partial charge in [-0.15, -0.1) is 5.53 Å². The van der Waals surface area contributed by atoms with E-state index < -0.39 is 5.82 Å². The average molecular weight is 501 g/mol. The molecule has 10 heteroatoms. The van der Waals surface area contributed by atoms with Crippen LogP contribution in [0.4, 0.5) is 4.39 Å². The highest BCUT2D eigenvalue weighted by Crippen LogP contribution is 2.39. The number of nitrogens with one attached hydrogen (secondary N) is 3. The smallest absolute Gasteiger partial charge is 0.270 e. The van der Waals surface area contributed by atoms with Crippen molar-refractivity contribution in [1.29, 1.82) is 0 Å². The van der Waals surface area contributed by atoms with E-state index in [9.17, 15) is 9.18 Å². The number of amides is 1. The van der Waals surface area contributed by atoms with Crippen molar-refractivity contribution in [2.24, 2.45) is 0 Å². The second-order valence-corrected chi connectivity index (χ2v) is 8.72. The van der Waals surface area contributed by atoms with Crippen LogP contribution in [-0.4, -0.2) is 27.4 Å². The topological polar surface area (TPSA) is 82.9 Å². The maximum atomic E-state index is 14.5. The zero-order valence-electron chi connectivity index (χ0n) is 17.4. The molecule has 1 aliphatic heterocycles. The molecule has 3 N–H and O–H groups in total. The van der Waals surface area contributed by atoms with Crippen molar-refractivity contribution in [1.82, 2.24) is 30.7 Å². The van der Waals surface area contributed by atoms with Crippen LogP contribution < -0.4 is 21.0 Å². The van der Waals surface area contributed by atoms with Gasteiger partial charge < -0.3 is 14.5 Å². The normalized spacial score (nSPS) is 15.6. The Kier molecular flexibility index (Phi) is 5.48. The van der Waals surface area contributed by atoms with Gasteiger partial charge in [0.2, 0.25) is 0 Å². The fraction of sp³-hybridized carbons (Fsp3) is 0.273. The first-order chi connectivity index (χ1) is 15.5. The summed E-state index contributed by atoms with van der Waals surface area (Å²) in [5, 5.41) is 4.46. The number of rotatable bonds is 7. The minimum absolute atomic E-state index is 0.0111. The first-order valence-corrected chi connectivity index (χ1v) is 11.1. The molecule has 0 atom stereocenters. The standard InChI is InChI=1S/C22H22BrFN6O2/c1-32-19-6-5-17(23)16(21(19)24)8-25-22(31)18-12-30(28-27-18)11-15-10-29-9-14(13-2-3-13)4-7-20(29)26-15/h4-7,9-10,12-13,27-28H,2-3,8,11H2,1H3,(H,25,31). The van der Waals surface area contributed by atoms with E-state index in [0.29, 0.717) is 28.2 Å². The summed E-state index contributed by atoms with van der Waals surface area (Å²) < 4.78 is 22.1. The molecule has 0 radical (unpaired) electrons. The highest BCUT2D eigenvalue weighted by atomic mass is 79.9. The lowest BCUT2D eigenvalue weighted by Crippen LogP contribution is -2.38. The Morgan fingerprint density at radius 3 is 2.94 bits per heavy atom. The number of carbonyl (C=O) groups excluding carboxylic acids is 1. The predicted molar refractivity (Wildman–Crippen MR) is 120 cm³/mol. The van der Waals surface area contributed by atoms with Crippen LogP contribution >= 0.6 is 15.9 Å². The van der Waals surface area contributed by atoms with Gasteiger partial charge in [0.05, 0.1) is 19.3 Å². The van der Waals surface area contributed by atoms with Crippen LogP contribution in [0.25, 0.3) is 5.65 Å². The van der Waals surface area contributed by atoms with Crippen molar-refractivity contribution < 1.29 is 13.9 Å². The molecule has 1 fully saturated rings. The largest absolute Gasteiger partial charge is 0.494 e. The Hall–Kier alpha value is -3.11. The van der Waals surface area contributed by atoms with Gasteiger partial charge >= 0.3 is 0 Å². The molecule has 5 rings (SSSR count). The molecule has 0 unspecified atom stereocenters. The van der Waals surface area contributed by atoms with Crippen LogP contribution in [0.1, 0.15) is 35.6 Å². The highest BCUT2D eigenvalue weighted by Gasteiger charge is 2.24. The maximum absolute atomic E-state index is 14.5. The minimum Gasteiger partial charge on any atom is -0.494 e. The van der Waals surface area contributed by atoms with E-state index in [0.717, 1.165) is 11.3 Å². The van der Waals surface area contributed by atoms with E-state index in [4.69, 9.17) is 4.74 Å². The zero-order valence-corrected chi connectivity index (χ0v) is 18.9. The van der Waals surface area contributed by atoms with Crippen molar-refractivity contribution >= 4 is 27.5 Å². The van der Waals surface area contributed by atoms with Crippen LogP contribution in [0.2, 0.25) is 0 Å². The third-order valence-corrected chi connectivity index (χ3v) is 6.31. The summed E-state index contributed by atoms with van der Waals surface area (Å²) in [6.07, 6.45) is 8.31. The summed E-state index contributed by atoms with van der Waals surface area (Å²) in [6, 6.07) is 7.39. The quantitative estimate of drug-likeness (QED) is 0.462. The van der Waals surface area contributed by atoms with Gasteiger partial charge in [0.1, 0.15) is 11.3 Å². The molecule has 2 aromatic heterocycles. The van der Waals surface area contributed by atoms with Crippen LogP contribution in [0.15, 0.2) is 53.0 Å². The van der Waals surface area contributed by atoms with Gasteiger partial charge in [0.25, 0.3) is 5.91 Å². The number of nitrogens with zero attached hydrogens (tertiary/aromatic N) is 3. The Balaban J connectivity index is 1.22. The number of carbonyl (C=O) groups is 1. The Morgan fingerprint density at radius 1 is 1.31 bits per heavy atom. The number of methoxy groups -OCH3 is 1. The van der Waals surface area contributed by atoms with Gasteiger partial charge in [0.15, 0.2) is 11.6 Å². The predicted octanol–water partition coefficient (Wildman–Crippen LogP) is 3.10. The van der Waals surface area contributed by atoms with Gasteiger partial charge in [-0.3, -0.25) is 15.2 Å². The number of hydrazine groups is 2. The van der Waals surface area contributed by atoms with E-state index in [1.807, 2.05) is 16.7 Å². The Morgan fingerprint density at radius 2 is 2.16 bits per heavy atom. The molecule has 1 aromatic carbocycles. The molecular formula is C22H22BrFN6O2. The number of ether oxygens (including phenoxy) is 1. The summed E-state index contributed by atoms with van der Waals surface area (Å²) in [7, 11) is 1.40. The summed E-state index contributed by atoms with van der Waals surface area (Å²) in [6.45, 7) is 0.484. The van der Waals surface area contributed by atoms with Gasteiger partial charge in [0, 0.05) is 35.2 Å². The average Bonchev–Trinajstić information content (AvgIpc) is 3.40. The molecule has 1 saturated carbocycles. The third kappa shape index (κ3) is 4.15. The lowest BCUT2D eigenvalue weighted by atomic mass is 10.2. The van der Waals surface area contributed by atoms with Crippen molar-refractivity contribution in [3.8, 4) is 5.75 Å². The number of hydrogen-bond acceptors (Lipinski definition) is 6. The molecule has 166 valence electrons. The first kappa shape index (κ1) is 20.8. The fourth-order valence-electron chi connectivity index (χ4n) is 3.68. The van der Waals surface area contributed by atoms with Gasteiger partial charge in [-0.1, -0.05) is 22.0 Å². The molecule has 2 aliphatic rings. The molecule has 8 nitrogen and oxygen atoms in total. The molecule has 3 aromatic rings. The number of pyridine rings is 1. The highest BCUT2D eigenvalue weighted by molar-refractivity contribution is 9.10. The molecule has 3 heterocycles. The van der Waals surface area contributed by atoms with Crippen molar-refractivity contribution in [2.75, 3.05) is 7.11 Å². The van der Waals surface area contributed by atoms with Gasteiger partial charge in [-0.05, 0) is 42.5 Å². The van der Waals surface area contributed by atoms with Crippen LogP contribution in [0.5, 0.6) is 5.75 Å². The number of halogens is 2. The Labute approximate surface area is 192 Å². The zero-order chi connectivity index (χ0) is 22.2. The van der Waals surface area contributed by atoms with E-state index >= 15 is 0 Å². The summed E-state index contributed by atoms with van der Waals surface area (Å²) in [5.41, 5.74) is 9.53. The van der Waals surface area contributed by atoms with E-state index in [2.05, 4.69) is 49.5 Å². The van der Waals surface area contributed by atoms with Crippen LogP contribution in [0, 0.1) is 5.82 Å². The molecule has 0 bridgehead atoms. The van der Waals surface area contributed by atoms with Crippen molar-refractivity contribution in [3.63, 3.8) is 0 Å². The summed E-state index contributed by atoms with van der Waals surface area (Å²) in [5.74, 6) is -0.0600. The monoisotopic (exact) mass is 500 g/mol. The lowest BCUT2D eigenvalue weighted by Gasteiger charge is -2.12. The second kappa shape index (κ2) is 8.44. The Bertz CT molecular complexity index is 1220. The van der Waals surface area contributed by atoms with Crippen molar-refractivity contribution in [3.05, 3.63) is 75.7 Å². The molecule has 1 amide bonds. The second-order valence-electron chi connectivity index (χ2n) is 7.87.